The topological polar surface area (TPSA) is 87.6 Å². The number of pyridine rings is 1. The number of nitrogens with zero attached hydrogens (tertiary/aromatic N) is 3. The number of aromatic amines is 1. The van der Waals surface area contributed by atoms with Gasteiger partial charge in [-0.15, -0.1) is 0 Å². The molecule has 0 radical (unpaired) electrons. The Morgan fingerprint density at radius 2 is 1.82 bits per heavy atom. The molecule has 39 heavy (non-hydrogen) atoms. The molecule has 0 saturated carbocycles. The van der Waals surface area contributed by atoms with Gasteiger partial charge in [0.15, 0.2) is 5.78 Å². The number of aromatic nitrogens is 2. The highest BCUT2D eigenvalue weighted by molar-refractivity contribution is 6.09. The predicted molar refractivity (Wildman–Crippen MR) is 153 cm³/mol. The molecule has 208 valence electrons. The Balaban J connectivity index is 1.33. The number of para-hydroxylation sites is 1. The van der Waals surface area contributed by atoms with Crippen LogP contribution in [-0.4, -0.2) is 70.4 Å². The molecule has 0 spiro atoms. The SMILES string of the molecule is COc1cc(C)[nH]c(=O)c1CCC(=O)c1c(C)n([C@H](C)C2CCN(C3CN(C(C)=O)C3)CC2)c2ccccc12. The predicted octanol–water partition coefficient (Wildman–Crippen LogP) is 4.27. The number of fused-ring (bicyclic) bond motifs is 1. The second kappa shape index (κ2) is 11.0. The number of carbonyl (C=O) groups is 2. The molecule has 1 N–H and O–H groups in total. The summed E-state index contributed by atoms with van der Waals surface area (Å²) in [5.41, 5.74) is 3.89. The van der Waals surface area contributed by atoms with E-state index in [4.69, 9.17) is 4.74 Å². The minimum atomic E-state index is -0.199. The molecule has 0 bridgehead atoms. The van der Waals surface area contributed by atoms with E-state index >= 15 is 0 Å². The van der Waals surface area contributed by atoms with Crippen LogP contribution in [-0.2, 0) is 11.2 Å². The number of benzene rings is 1. The molecule has 2 aromatic heterocycles. The van der Waals surface area contributed by atoms with Crippen molar-refractivity contribution in [1.29, 1.82) is 0 Å². The summed E-state index contributed by atoms with van der Waals surface area (Å²) in [5, 5.41) is 0.979. The van der Waals surface area contributed by atoms with Crippen molar-refractivity contribution < 1.29 is 14.3 Å². The van der Waals surface area contributed by atoms with Crippen LogP contribution in [0.3, 0.4) is 0 Å². The molecule has 2 aliphatic rings. The average Bonchev–Trinajstić information content (AvgIpc) is 3.18. The van der Waals surface area contributed by atoms with Crippen LogP contribution in [0.25, 0.3) is 10.9 Å². The fourth-order valence-corrected chi connectivity index (χ4v) is 6.66. The number of amides is 1. The second-order valence-corrected chi connectivity index (χ2v) is 11.3. The number of piperidine rings is 1. The first kappa shape index (κ1) is 27.2. The summed E-state index contributed by atoms with van der Waals surface area (Å²) < 4.78 is 7.80. The molecule has 1 atom stereocenters. The number of ketones is 1. The number of nitrogens with one attached hydrogen (secondary N) is 1. The van der Waals surface area contributed by atoms with Crippen LogP contribution in [0.15, 0.2) is 35.1 Å². The van der Waals surface area contributed by atoms with E-state index in [1.165, 1.54) is 0 Å². The maximum Gasteiger partial charge on any atom is 0.255 e. The highest BCUT2D eigenvalue weighted by atomic mass is 16.5. The zero-order chi connectivity index (χ0) is 27.8. The van der Waals surface area contributed by atoms with E-state index < -0.39 is 0 Å². The highest BCUT2D eigenvalue weighted by Gasteiger charge is 2.36. The molecular formula is C31H40N4O4. The molecule has 8 heteroatoms. The number of likely N-dealkylation sites (tertiary alicyclic amines) is 2. The molecule has 8 nitrogen and oxygen atoms in total. The van der Waals surface area contributed by atoms with E-state index in [0.29, 0.717) is 29.7 Å². The van der Waals surface area contributed by atoms with Crippen LogP contribution in [0, 0.1) is 19.8 Å². The summed E-state index contributed by atoms with van der Waals surface area (Å²) in [6.07, 6.45) is 2.77. The lowest BCUT2D eigenvalue weighted by Gasteiger charge is -2.48. The summed E-state index contributed by atoms with van der Waals surface area (Å²) in [5.74, 6) is 1.25. The molecule has 2 aliphatic heterocycles. The number of Topliss-reactive ketones (excluding diaryl/α,β-unsaturated/α-hetero) is 1. The zero-order valence-corrected chi connectivity index (χ0v) is 23.8. The molecule has 4 heterocycles. The Hall–Kier alpha value is -3.39. The van der Waals surface area contributed by atoms with Crippen LogP contribution in [0.1, 0.15) is 66.5 Å². The number of hydrogen-bond donors (Lipinski definition) is 1. The smallest absolute Gasteiger partial charge is 0.255 e. The van der Waals surface area contributed by atoms with E-state index in [9.17, 15) is 14.4 Å². The van der Waals surface area contributed by atoms with Crippen LogP contribution < -0.4 is 10.3 Å². The Kier molecular flexibility index (Phi) is 7.67. The standard InChI is InChI=1S/C31H40N4O4/c1-19-16-29(39-5)26(31(38)32-19)10-11-28(37)30-21(3)35(27-9-7-6-8-25(27)30)20(2)23-12-14-33(15-13-23)24-17-34(18-24)22(4)36/h6-9,16,20,23-24H,10-15,17-18H2,1-5H3,(H,32,38)/t20-/m1/s1. The molecular weight excluding hydrogens is 492 g/mol. The van der Waals surface area contributed by atoms with Crippen LogP contribution in [0.4, 0.5) is 0 Å². The van der Waals surface area contributed by atoms with Crippen LogP contribution in [0.2, 0.25) is 0 Å². The largest absolute Gasteiger partial charge is 0.496 e. The molecule has 3 aromatic rings. The van der Waals surface area contributed by atoms with Gasteiger partial charge in [-0.2, -0.15) is 0 Å². The lowest BCUT2D eigenvalue weighted by molar-refractivity contribution is -0.136. The third kappa shape index (κ3) is 5.14. The Morgan fingerprint density at radius 3 is 2.49 bits per heavy atom. The van der Waals surface area contributed by atoms with Crippen molar-refractivity contribution in [3.05, 3.63) is 63.2 Å². The molecule has 0 unspecified atom stereocenters. The van der Waals surface area contributed by atoms with Crippen molar-refractivity contribution in [2.24, 2.45) is 5.92 Å². The minimum absolute atomic E-state index is 0.0477. The first-order valence-electron chi connectivity index (χ1n) is 14.1. The van der Waals surface area contributed by atoms with Crippen molar-refractivity contribution in [3.63, 3.8) is 0 Å². The number of methoxy groups -OCH3 is 1. The third-order valence-corrected chi connectivity index (χ3v) is 8.97. The fourth-order valence-electron chi connectivity index (χ4n) is 6.66. The van der Waals surface area contributed by atoms with Gasteiger partial charge in [0.2, 0.25) is 5.91 Å². The van der Waals surface area contributed by atoms with Crippen molar-refractivity contribution in [3.8, 4) is 5.75 Å². The number of H-pyrrole nitrogens is 1. The van der Waals surface area contributed by atoms with Gasteiger partial charge in [-0.1, -0.05) is 18.2 Å². The van der Waals surface area contributed by atoms with Crippen molar-refractivity contribution in [1.82, 2.24) is 19.4 Å². The van der Waals surface area contributed by atoms with E-state index in [2.05, 4.69) is 34.4 Å². The average molecular weight is 533 g/mol. The number of aryl methyl sites for hydroxylation is 1. The number of hydrogen-bond acceptors (Lipinski definition) is 5. The summed E-state index contributed by atoms with van der Waals surface area (Å²) >= 11 is 0. The second-order valence-electron chi connectivity index (χ2n) is 11.3. The number of rotatable bonds is 8. The molecule has 2 saturated heterocycles. The monoisotopic (exact) mass is 532 g/mol. The van der Waals surface area contributed by atoms with Gasteiger partial charge >= 0.3 is 0 Å². The normalized spacial score (nSPS) is 17.8. The van der Waals surface area contributed by atoms with Gasteiger partial charge in [0.05, 0.1) is 12.7 Å². The highest BCUT2D eigenvalue weighted by Crippen LogP contribution is 2.37. The Bertz CT molecular complexity index is 1440. The van der Waals surface area contributed by atoms with Crippen molar-refractivity contribution in [2.45, 2.75) is 65.5 Å². The summed E-state index contributed by atoms with van der Waals surface area (Å²) in [4.78, 5) is 45.1. The first-order chi connectivity index (χ1) is 18.7. The van der Waals surface area contributed by atoms with Crippen LogP contribution in [0.5, 0.6) is 5.75 Å². The van der Waals surface area contributed by atoms with Gasteiger partial charge in [-0.25, -0.2) is 0 Å². The maximum atomic E-state index is 13.7. The lowest BCUT2D eigenvalue weighted by Crippen LogP contribution is -2.61. The lowest BCUT2D eigenvalue weighted by atomic mass is 9.88. The number of carbonyl (C=O) groups excluding carboxylic acids is 2. The van der Waals surface area contributed by atoms with Gasteiger partial charge in [0.25, 0.3) is 5.56 Å². The van der Waals surface area contributed by atoms with E-state index in [1.54, 1.807) is 20.1 Å². The van der Waals surface area contributed by atoms with Gasteiger partial charge in [0.1, 0.15) is 5.75 Å². The van der Waals surface area contributed by atoms with Gasteiger partial charge in [-0.3, -0.25) is 19.3 Å². The van der Waals surface area contributed by atoms with E-state index in [1.807, 2.05) is 30.0 Å². The minimum Gasteiger partial charge on any atom is -0.496 e. The van der Waals surface area contributed by atoms with Gasteiger partial charge in [-0.05, 0) is 71.2 Å². The summed E-state index contributed by atoms with van der Waals surface area (Å²) in [6.45, 7) is 11.6. The first-order valence-corrected chi connectivity index (χ1v) is 14.1. The molecule has 2 fully saturated rings. The number of ether oxygens (including phenoxy) is 1. The quantitative estimate of drug-likeness (QED) is 0.438. The molecule has 1 aromatic carbocycles. The van der Waals surface area contributed by atoms with Crippen molar-refractivity contribution in [2.75, 3.05) is 33.3 Å². The third-order valence-electron chi connectivity index (χ3n) is 8.97. The van der Waals surface area contributed by atoms with Crippen LogP contribution >= 0.6 is 0 Å². The Labute approximate surface area is 229 Å². The van der Waals surface area contributed by atoms with E-state index in [0.717, 1.165) is 66.9 Å². The molecule has 1 amide bonds. The summed E-state index contributed by atoms with van der Waals surface area (Å²) in [7, 11) is 1.55. The van der Waals surface area contributed by atoms with Crippen molar-refractivity contribution >= 4 is 22.6 Å². The fraction of sp³-hybridized carbons (Fsp3) is 0.516. The maximum absolute atomic E-state index is 13.7. The molecule has 0 aliphatic carbocycles. The molecule has 5 rings (SSSR count). The Morgan fingerprint density at radius 1 is 1.13 bits per heavy atom. The summed E-state index contributed by atoms with van der Waals surface area (Å²) in [6, 6.07) is 10.7. The van der Waals surface area contributed by atoms with Gasteiger partial charge < -0.3 is 19.2 Å². The van der Waals surface area contributed by atoms with Gasteiger partial charge in [0, 0.05) is 66.4 Å². The van der Waals surface area contributed by atoms with E-state index in [-0.39, 0.29) is 29.7 Å². The zero-order valence-electron chi connectivity index (χ0n) is 23.8.